The van der Waals surface area contributed by atoms with Crippen LogP contribution in [0.4, 0.5) is 4.79 Å². The number of hydrogen-bond acceptors (Lipinski definition) is 5. The summed E-state index contributed by atoms with van der Waals surface area (Å²) in [5.74, 6) is -0.822. The second-order valence-electron chi connectivity index (χ2n) is 10.1. The minimum atomic E-state index is -1.01. The first kappa shape index (κ1) is 29.8. The van der Waals surface area contributed by atoms with E-state index in [0.717, 1.165) is 24.0 Å². The highest BCUT2D eigenvalue weighted by atomic mass is 16.6. The van der Waals surface area contributed by atoms with Crippen LogP contribution in [0.15, 0.2) is 54.6 Å². The van der Waals surface area contributed by atoms with E-state index in [9.17, 15) is 19.5 Å². The topological polar surface area (TPSA) is 108 Å². The van der Waals surface area contributed by atoms with Crippen LogP contribution in [0.3, 0.4) is 0 Å². The molecule has 8 nitrogen and oxygen atoms in total. The number of carbonyl (C=O) groups is 3. The van der Waals surface area contributed by atoms with Gasteiger partial charge in [0.15, 0.2) is 0 Å². The lowest BCUT2D eigenvalue weighted by molar-refractivity contribution is -0.143. The van der Waals surface area contributed by atoms with E-state index in [1.807, 2.05) is 62.4 Å². The van der Waals surface area contributed by atoms with Crippen molar-refractivity contribution in [3.05, 3.63) is 71.3 Å². The number of nitrogens with zero attached hydrogens (tertiary/aromatic N) is 1. The normalized spacial score (nSPS) is 12.8. The minimum absolute atomic E-state index is 0.0834. The fourth-order valence-electron chi connectivity index (χ4n) is 3.97. The van der Waals surface area contributed by atoms with Crippen LogP contribution in [-0.4, -0.2) is 59.3 Å². The van der Waals surface area contributed by atoms with Gasteiger partial charge >= 0.3 is 6.09 Å². The number of nitrogens with one attached hydrogen (secondary N) is 2. The number of aryl methyl sites for hydroxylation is 1. The zero-order valence-corrected chi connectivity index (χ0v) is 22.6. The molecule has 8 heteroatoms. The molecule has 0 aliphatic carbocycles. The summed E-state index contributed by atoms with van der Waals surface area (Å²) in [5, 5.41) is 15.5. The fourth-order valence-corrected chi connectivity index (χ4v) is 3.97. The molecule has 0 aliphatic rings. The number of aliphatic hydroxyl groups excluding tert-OH is 1. The lowest BCUT2D eigenvalue weighted by atomic mass is 9.99. The van der Waals surface area contributed by atoms with Crippen LogP contribution in [0.5, 0.6) is 0 Å². The summed E-state index contributed by atoms with van der Waals surface area (Å²) in [6.07, 6.45) is 1.18. The molecule has 0 bridgehead atoms. The molecular formula is C29H41N3O5. The summed E-state index contributed by atoms with van der Waals surface area (Å²) in [7, 11) is 0. The first-order chi connectivity index (χ1) is 17.6. The van der Waals surface area contributed by atoms with Crippen LogP contribution < -0.4 is 10.6 Å². The molecule has 37 heavy (non-hydrogen) atoms. The number of rotatable bonds is 12. The maximum absolute atomic E-state index is 14.0. The van der Waals surface area contributed by atoms with Gasteiger partial charge in [0.2, 0.25) is 11.8 Å². The van der Waals surface area contributed by atoms with Crippen molar-refractivity contribution in [1.82, 2.24) is 15.5 Å². The third kappa shape index (κ3) is 9.88. The number of aliphatic hydroxyl groups is 1. The van der Waals surface area contributed by atoms with Gasteiger partial charge in [-0.3, -0.25) is 9.59 Å². The van der Waals surface area contributed by atoms with Crippen molar-refractivity contribution in [2.75, 3.05) is 19.7 Å². The lowest BCUT2D eigenvalue weighted by Gasteiger charge is -2.34. The first-order valence-electron chi connectivity index (χ1n) is 12.8. The molecule has 2 rings (SSSR count). The molecule has 202 valence electrons. The number of ether oxygens (including phenoxy) is 1. The van der Waals surface area contributed by atoms with Gasteiger partial charge in [0.25, 0.3) is 0 Å². The molecule has 2 unspecified atom stereocenters. The molecule has 0 aromatic heterocycles. The third-order valence-corrected chi connectivity index (χ3v) is 5.64. The molecule has 0 saturated heterocycles. The highest BCUT2D eigenvalue weighted by Gasteiger charge is 2.36. The largest absolute Gasteiger partial charge is 0.444 e. The van der Waals surface area contributed by atoms with Gasteiger partial charge in [-0.25, -0.2) is 4.79 Å². The average Bonchev–Trinajstić information content (AvgIpc) is 2.82. The van der Waals surface area contributed by atoms with E-state index in [1.54, 1.807) is 26.8 Å². The standard InChI is InChI=1S/C29H41N3O5/c1-6-7-16-30-26(34)25(23-15-11-12-21(2)19-23)32(17-18-33)27(35)24(20-22-13-9-8-10-14-22)31-28(36)37-29(3,4)5/h8-15,19,24-25,33H,6-7,16-18,20H2,1-5H3,(H,30,34)(H,31,36). The van der Waals surface area contributed by atoms with Crippen LogP contribution in [0, 0.1) is 6.92 Å². The molecule has 2 aromatic rings. The maximum Gasteiger partial charge on any atom is 0.408 e. The van der Waals surface area contributed by atoms with Crippen molar-refractivity contribution in [2.45, 2.75) is 71.6 Å². The van der Waals surface area contributed by atoms with Gasteiger partial charge in [-0.2, -0.15) is 0 Å². The van der Waals surface area contributed by atoms with E-state index in [-0.39, 0.29) is 25.5 Å². The molecule has 0 spiro atoms. The highest BCUT2D eigenvalue weighted by molar-refractivity contribution is 5.92. The van der Waals surface area contributed by atoms with Crippen molar-refractivity contribution in [2.24, 2.45) is 0 Å². The second-order valence-corrected chi connectivity index (χ2v) is 10.1. The van der Waals surface area contributed by atoms with Crippen LogP contribution in [0.2, 0.25) is 0 Å². The monoisotopic (exact) mass is 511 g/mol. The first-order valence-corrected chi connectivity index (χ1v) is 12.8. The minimum Gasteiger partial charge on any atom is -0.444 e. The van der Waals surface area contributed by atoms with Crippen LogP contribution >= 0.6 is 0 Å². The molecule has 0 heterocycles. The molecule has 3 N–H and O–H groups in total. The number of hydrogen-bond donors (Lipinski definition) is 3. The van der Waals surface area contributed by atoms with Crippen molar-refractivity contribution in [3.8, 4) is 0 Å². The SMILES string of the molecule is CCCCNC(=O)C(c1cccc(C)c1)N(CCO)C(=O)C(Cc1ccccc1)NC(=O)OC(C)(C)C. The molecule has 0 aliphatic heterocycles. The number of carbonyl (C=O) groups excluding carboxylic acids is 3. The predicted molar refractivity (Wildman–Crippen MR) is 144 cm³/mol. The third-order valence-electron chi connectivity index (χ3n) is 5.64. The molecule has 0 fully saturated rings. The van der Waals surface area contributed by atoms with E-state index in [0.29, 0.717) is 12.1 Å². The van der Waals surface area contributed by atoms with E-state index >= 15 is 0 Å². The summed E-state index contributed by atoms with van der Waals surface area (Å²) in [6, 6.07) is 14.7. The smallest absolute Gasteiger partial charge is 0.408 e. The Labute approximate surface area is 220 Å². The lowest BCUT2D eigenvalue weighted by Crippen LogP contribution is -2.54. The van der Waals surface area contributed by atoms with Crippen molar-refractivity contribution >= 4 is 17.9 Å². The zero-order valence-electron chi connectivity index (χ0n) is 22.6. The molecule has 0 saturated carbocycles. The number of amides is 3. The van der Waals surface area contributed by atoms with Crippen LogP contribution in [-0.2, 0) is 20.7 Å². The predicted octanol–water partition coefficient (Wildman–Crippen LogP) is 3.91. The zero-order chi connectivity index (χ0) is 27.4. The quantitative estimate of drug-likeness (QED) is 0.375. The molecule has 2 aromatic carbocycles. The molecule has 0 radical (unpaired) electrons. The van der Waals surface area contributed by atoms with Gasteiger partial charge in [0.1, 0.15) is 17.7 Å². The van der Waals surface area contributed by atoms with Crippen LogP contribution in [0.1, 0.15) is 63.3 Å². The van der Waals surface area contributed by atoms with Gasteiger partial charge in [0.05, 0.1) is 6.61 Å². The number of alkyl carbamates (subject to hydrolysis) is 1. The summed E-state index contributed by atoms with van der Waals surface area (Å²) < 4.78 is 5.42. The van der Waals surface area contributed by atoms with E-state index in [2.05, 4.69) is 10.6 Å². The number of benzene rings is 2. The summed E-state index contributed by atoms with van der Waals surface area (Å²) >= 11 is 0. The van der Waals surface area contributed by atoms with Gasteiger partial charge in [0, 0.05) is 19.5 Å². The summed E-state index contributed by atoms with van der Waals surface area (Å²) in [4.78, 5) is 41.5. The second kappa shape index (κ2) is 14.4. The molecule has 2 atom stereocenters. The van der Waals surface area contributed by atoms with Gasteiger partial charge in [-0.1, -0.05) is 73.5 Å². The Bertz CT molecular complexity index is 1020. The fraction of sp³-hybridized carbons (Fsp3) is 0.483. The van der Waals surface area contributed by atoms with Crippen LogP contribution in [0.25, 0.3) is 0 Å². The molecular weight excluding hydrogens is 470 g/mol. The van der Waals surface area contributed by atoms with E-state index in [4.69, 9.17) is 4.74 Å². The molecule has 3 amide bonds. The Kier molecular flexibility index (Phi) is 11.6. The van der Waals surface area contributed by atoms with Crippen molar-refractivity contribution in [3.63, 3.8) is 0 Å². The summed E-state index contributed by atoms with van der Waals surface area (Å²) in [6.45, 7) is 9.22. The van der Waals surface area contributed by atoms with E-state index < -0.39 is 29.7 Å². The Morgan fingerprint density at radius 3 is 2.35 bits per heavy atom. The van der Waals surface area contributed by atoms with Gasteiger partial charge < -0.3 is 25.4 Å². The van der Waals surface area contributed by atoms with E-state index in [1.165, 1.54) is 4.90 Å². The maximum atomic E-state index is 14.0. The number of unbranched alkanes of at least 4 members (excludes halogenated alkanes) is 1. The van der Waals surface area contributed by atoms with Gasteiger partial charge in [-0.05, 0) is 45.2 Å². The Morgan fingerprint density at radius 1 is 1.05 bits per heavy atom. The Morgan fingerprint density at radius 2 is 1.76 bits per heavy atom. The Hall–Kier alpha value is -3.39. The Balaban J connectivity index is 2.47. The average molecular weight is 512 g/mol. The summed E-state index contributed by atoms with van der Waals surface area (Å²) in [5.41, 5.74) is 1.65. The highest BCUT2D eigenvalue weighted by Crippen LogP contribution is 2.24. The van der Waals surface area contributed by atoms with Crippen molar-refractivity contribution in [1.29, 1.82) is 0 Å². The van der Waals surface area contributed by atoms with Crippen molar-refractivity contribution < 1.29 is 24.2 Å². The van der Waals surface area contributed by atoms with Gasteiger partial charge in [-0.15, -0.1) is 0 Å².